The number of rotatable bonds is 7. The smallest absolute Gasteiger partial charge is 0.310 e. The van der Waals surface area contributed by atoms with Crippen LogP contribution in [0.15, 0.2) is 24.3 Å². The topological polar surface area (TPSA) is 75.6 Å². The second kappa shape index (κ2) is 7.11. The highest BCUT2D eigenvalue weighted by Gasteiger charge is 2.45. The number of benzene rings is 1. The first-order chi connectivity index (χ1) is 10.5. The summed E-state index contributed by atoms with van der Waals surface area (Å²) in [4.78, 5) is 23.3. The first-order valence-electron chi connectivity index (χ1n) is 7.25. The Labute approximate surface area is 134 Å². The Balaban J connectivity index is 1.90. The van der Waals surface area contributed by atoms with Crippen molar-refractivity contribution >= 4 is 23.5 Å². The van der Waals surface area contributed by atoms with Crippen molar-refractivity contribution in [3.63, 3.8) is 0 Å². The van der Waals surface area contributed by atoms with E-state index in [0.717, 1.165) is 12.0 Å². The number of carbonyl (C=O) groups is 2. The Morgan fingerprint density at radius 3 is 2.68 bits per heavy atom. The molecule has 0 radical (unpaired) electrons. The molecule has 0 saturated heterocycles. The fraction of sp³-hybridized carbons (Fsp3) is 0.500. The molecule has 22 heavy (non-hydrogen) atoms. The van der Waals surface area contributed by atoms with Gasteiger partial charge in [-0.1, -0.05) is 30.2 Å². The Bertz CT molecular complexity index is 557. The van der Waals surface area contributed by atoms with E-state index in [-0.39, 0.29) is 25.0 Å². The summed E-state index contributed by atoms with van der Waals surface area (Å²) in [5.74, 6) is -1.14. The van der Waals surface area contributed by atoms with E-state index < -0.39 is 11.4 Å². The van der Waals surface area contributed by atoms with E-state index >= 15 is 0 Å². The predicted octanol–water partition coefficient (Wildman–Crippen LogP) is 2.79. The monoisotopic (exact) mass is 325 g/mol. The van der Waals surface area contributed by atoms with Crippen LogP contribution in [0.2, 0.25) is 5.02 Å². The summed E-state index contributed by atoms with van der Waals surface area (Å²) in [6, 6.07) is 7.24. The zero-order valence-electron chi connectivity index (χ0n) is 12.5. The van der Waals surface area contributed by atoms with Crippen LogP contribution in [0.3, 0.4) is 0 Å². The van der Waals surface area contributed by atoms with Gasteiger partial charge >= 0.3 is 5.97 Å². The molecule has 1 atom stereocenters. The Kier molecular flexibility index (Phi) is 5.42. The van der Waals surface area contributed by atoms with Crippen molar-refractivity contribution in [1.29, 1.82) is 0 Å². The number of aliphatic carboxylic acids is 1. The standard InChI is InChI=1S/C16H20ClNO4/c1-22-13(11-4-2-5-12(17)8-11)10-18-14(19)9-16(15(20)21)6-3-7-16/h2,4-5,8,13H,3,6-7,9-10H2,1H3,(H,18,19)(H,20,21). The second-order valence-electron chi connectivity index (χ2n) is 5.70. The number of methoxy groups -OCH3 is 1. The lowest BCUT2D eigenvalue weighted by Crippen LogP contribution is -2.43. The summed E-state index contributed by atoms with van der Waals surface area (Å²) in [6.07, 6.45) is 1.71. The van der Waals surface area contributed by atoms with E-state index in [1.165, 1.54) is 0 Å². The van der Waals surface area contributed by atoms with E-state index in [9.17, 15) is 14.7 Å². The molecule has 1 saturated carbocycles. The largest absolute Gasteiger partial charge is 0.481 e. The zero-order valence-corrected chi connectivity index (χ0v) is 13.2. The van der Waals surface area contributed by atoms with Crippen LogP contribution >= 0.6 is 11.6 Å². The van der Waals surface area contributed by atoms with Crippen LogP contribution < -0.4 is 5.32 Å². The van der Waals surface area contributed by atoms with Crippen molar-refractivity contribution in [2.75, 3.05) is 13.7 Å². The van der Waals surface area contributed by atoms with E-state index in [2.05, 4.69) is 5.32 Å². The molecule has 6 heteroatoms. The number of hydrogen-bond acceptors (Lipinski definition) is 3. The lowest BCUT2D eigenvalue weighted by Gasteiger charge is -2.37. The Morgan fingerprint density at radius 1 is 1.45 bits per heavy atom. The Hall–Kier alpha value is -1.59. The molecule has 120 valence electrons. The molecule has 1 aliphatic rings. The maximum Gasteiger partial charge on any atom is 0.310 e. The predicted molar refractivity (Wildman–Crippen MR) is 82.7 cm³/mol. The molecule has 2 rings (SSSR count). The molecule has 0 spiro atoms. The van der Waals surface area contributed by atoms with Gasteiger partial charge in [0, 0.05) is 25.1 Å². The number of hydrogen-bond donors (Lipinski definition) is 2. The fourth-order valence-corrected chi connectivity index (χ4v) is 2.89. The maximum absolute atomic E-state index is 12.0. The number of carboxylic acids is 1. The summed E-state index contributed by atoms with van der Waals surface area (Å²) in [5.41, 5.74) is -0.00482. The van der Waals surface area contributed by atoms with Gasteiger partial charge in [0.05, 0.1) is 11.5 Å². The number of amides is 1. The molecule has 1 aromatic rings. The molecule has 1 aliphatic carbocycles. The molecule has 0 heterocycles. The minimum absolute atomic E-state index is 0.0221. The van der Waals surface area contributed by atoms with Gasteiger partial charge in [-0.05, 0) is 30.5 Å². The first-order valence-corrected chi connectivity index (χ1v) is 7.63. The van der Waals surface area contributed by atoms with Gasteiger partial charge in [0.15, 0.2) is 0 Å². The molecular formula is C16H20ClNO4. The van der Waals surface area contributed by atoms with E-state index in [1.54, 1.807) is 19.2 Å². The number of carboxylic acid groups (broad SMARTS) is 1. The van der Waals surface area contributed by atoms with Crippen molar-refractivity contribution in [2.24, 2.45) is 5.41 Å². The molecule has 1 aromatic carbocycles. The quantitative estimate of drug-likeness (QED) is 0.808. The number of ether oxygens (including phenoxy) is 1. The van der Waals surface area contributed by atoms with Crippen LogP contribution in [-0.2, 0) is 14.3 Å². The lowest BCUT2D eigenvalue weighted by atomic mass is 9.66. The minimum Gasteiger partial charge on any atom is -0.481 e. The van der Waals surface area contributed by atoms with Crippen molar-refractivity contribution < 1.29 is 19.4 Å². The van der Waals surface area contributed by atoms with Crippen LogP contribution in [0, 0.1) is 5.41 Å². The normalized spacial score (nSPS) is 17.4. The van der Waals surface area contributed by atoms with Crippen molar-refractivity contribution in [1.82, 2.24) is 5.32 Å². The molecule has 0 aromatic heterocycles. The van der Waals surface area contributed by atoms with Crippen molar-refractivity contribution in [3.05, 3.63) is 34.9 Å². The number of halogens is 1. The van der Waals surface area contributed by atoms with Crippen LogP contribution in [0.1, 0.15) is 37.4 Å². The van der Waals surface area contributed by atoms with E-state index in [4.69, 9.17) is 16.3 Å². The van der Waals surface area contributed by atoms with Crippen LogP contribution in [0.25, 0.3) is 0 Å². The SMILES string of the molecule is COC(CNC(=O)CC1(C(=O)O)CCC1)c1cccc(Cl)c1. The lowest BCUT2D eigenvalue weighted by molar-refractivity contribution is -0.157. The molecular weight excluding hydrogens is 306 g/mol. The van der Waals surface area contributed by atoms with Crippen molar-refractivity contribution in [2.45, 2.75) is 31.8 Å². The zero-order chi connectivity index (χ0) is 16.2. The van der Waals surface area contributed by atoms with Gasteiger partial charge in [0.25, 0.3) is 0 Å². The Morgan fingerprint density at radius 2 is 2.18 bits per heavy atom. The molecule has 2 N–H and O–H groups in total. The summed E-state index contributed by atoms with van der Waals surface area (Å²) < 4.78 is 5.37. The molecule has 0 aliphatic heterocycles. The van der Waals surface area contributed by atoms with Crippen LogP contribution in [0.4, 0.5) is 0 Å². The highest BCUT2D eigenvalue weighted by Crippen LogP contribution is 2.44. The van der Waals surface area contributed by atoms with Crippen molar-refractivity contribution in [3.8, 4) is 0 Å². The third-order valence-corrected chi connectivity index (χ3v) is 4.49. The summed E-state index contributed by atoms with van der Waals surface area (Å²) in [5, 5.41) is 12.6. The molecule has 5 nitrogen and oxygen atoms in total. The summed E-state index contributed by atoms with van der Waals surface area (Å²) in [7, 11) is 1.56. The third kappa shape index (κ3) is 3.78. The molecule has 1 amide bonds. The van der Waals surface area contributed by atoms with Crippen LogP contribution in [0.5, 0.6) is 0 Å². The van der Waals surface area contributed by atoms with Gasteiger partial charge in [-0.15, -0.1) is 0 Å². The van der Waals surface area contributed by atoms with E-state index in [1.807, 2.05) is 12.1 Å². The molecule has 0 bridgehead atoms. The molecule has 1 fully saturated rings. The highest BCUT2D eigenvalue weighted by molar-refractivity contribution is 6.30. The first kappa shape index (κ1) is 16.8. The number of carbonyl (C=O) groups excluding carboxylic acids is 1. The summed E-state index contributed by atoms with van der Waals surface area (Å²) >= 11 is 5.95. The third-order valence-electron chi connectivity index (χ3n) is 4.25. The second-order valence-corrected chi connectivity index (χ2v) is 6.14. The number of nitrogens with one attached hydrogen (secondary N) is 1. The minimum atomic E-state index is -0.882. The average molecular weight is 326 g/mol. The van der Waals surface area contributed by atoms with Gasteiger partial charge in [-0.3, -0.25) is 9.59 Å². The van der Waals surface area contributed by atoms with Gasteiger partial charge < -0.3 is 15.2 Å². The van der Waals surface area contributed by atoms with Gasteiger partial charge in [-0.25, -0.2) is 0 Å². The highest BCUT2D eigenvalue weighted by atomic mass is 35.5. The van der Waals surface area contributed by atoms with Crippen LogP contribution in [-0.4, -0.2) is 30.6 Å². The fourth-order valence-electron chi connectivity index (χ4n) is 2.69. The summed E-state index contributed by atoms with van der Waals surface area (Å²) in [6.45, 7) is 0.283. The van der Waals surface area contributed by atoms with Gasteiger partial charge in [0.2, 0.25) is 5.91 Å². The molecule has 1 unspecified atom stereocenters. The average Bonchev–Trinajstić information content (AvgIpc) is 2.43. The van der Waals surface area contributed by atoms with Gasteiger partial charge in [0.1, 0.15) is 0 Å². The van der Waals surface area contributed by atoms with Gasteiger partial charge in [-0.2, -0.15) is 0 Å². The van der Waals surface area contributed by atoms with E-state index in [0.29, 0.717) is 17.9 Å². The maximum atomic E-state index is 12.0.